The van der Waals surface area contributed by atoms with Gasteiger partial charge in [-0.1, -0.05) is 44.0 Å². The number of carbonyl (C=O) groups excluding carboxylic acids is 1. The summed E-state index contributed by atoms with van der Waals surface area (Å²) in [6.45, 7) is 2.12. The van der Waals surface area contributed by atoms with Crippen LogP contribution < -0.4 is 10.5 Å². The van der Waals surface area contributed by atoms with Gasteiger partial charge < -0.3 is 10.5 Å². The topological polar surface area (TPSA) is 52.3 Å². The molecule has 1 unspecified atom stereocenters. The largest absolute Gasteiger partial charge is 0.497 e. The third kappa shape index (κ3) is 2.93. The zero-order valence-electron chi connectivity index (χ0n) is 12.1. The fourth-order valence-electron chi connectivity index (χ4n) is 2.57. The van der Waals surface area contributed by atoms with Gasteiger partial charge >= 0.3 is 0 Å². The molecule has 0 heterocycles. The van der Waals surface area contributed by atoms with E-state index in [0.29, 0.717) is 0 Å². The standard InChI is InChI=1S/C17H21NO2/c1-3-4-7-15(17(18)19)14-8-5-6-12-9-10-13(20-2)11-16(12)14/h5-6,8-11,15H,3-4,7H2,1-2H3,(H2,18,19). The van der Waals surface area contributed by atoms with Crippen LogP contribution in [0.3, 0.4) is 0 Å². The highest BCUT2D eigenvalue weighted by Gasteiger charge is 2.19. The molecule has 0 saturated carbocycles. The maximum Gasteiger partial charge on any atom is 0.224 e. The molecule has 3 nitrogen and oxygen atoms in total. The monoisotopic (exact) mass is 271 g/mol. The van der Waals surface area contributed by atoms with Gasteiger partial charge in [0.15, 0.2) is 0 Å². The molecular weight excluding hydrogens is 250 g/mol. The molecule has 0 aromatic heterocycles. The maximum absolute atomic E-state index is 11.8. The maximum atomic E-state index is 11.8. The highest BCUT2D eigenvalue weighted by atomic mass is 16.5. The smallest absolute Gasteiger partial charge is 0.224 e. The predicted molar refractivity (Wildman–Crippen MR) is 82.0 cm³/mol. The van der Waals surface area contributed by atoms with Gasteiger partial charge in [0.25, 0.3) is 0 Å². The molecule has 0 fully saturated rings. The van der Waals surface area contributed by atoms with Crippen LogP contribution in [0.5, 0.6) is 5.75 Å². The number of methoxy groups -OCH3 is 1. The van der Waals surface area contributed by atoms with E-state index in [1.54, 1.807) is 7.11 Å². The number of amides is 1. The van der Waals surface area contributed by atoms with Gasteiger partial charge in [-0.2, -0.15) is 0 Å². The van der Waals surface area contributed by atoms with Crippen LogP contribution in [0.4, 0.5) is 0 Å². The first-order valence-electron chi connectivity index (χ1n) is 7.03. The second kappa shape index (κ2) is 6.42. The van der Waals surface area contributed by atoms with Crippen LogP contribution >= 0.6 is 0 Å². The van der Waals surface area contributed by atoms with E-state index in [-0.39, 0.29) is 11.8 Å². The van der Waals surface area contributed by atoms with Crippen molar-refractivity contribution >= 4 is 16.7 Å². The van der Waals surface area contributed by atoms with Crippen LogP contribution in [0.2, 0.25) is 0 Å². The van der Waals surface area contributed by atoms with E-state index >= 15 is 0 Å². The molecule has 106 valence electrons. The lowest BCUT2D eigenvalue weighted by Crippen LogP contribution is -2.21. The Morgan fingerprint density at radius 3 is 2.75 bits per heavy atom. The average molecular weight is 271 g/mol. The lowest BCUT2D eigenvalue weighted by atomic mass is 9.89. The van der Waals surface area contributed by atoms with Gasteiger partial charge in [0, 0.05) is 0 Å². The lowest BCUT2D eigenvalue weighted by molar-refractivity contribution is -0.119. The molecule has 0 bridgehead atoms. The molecule has 0 aliphatic rings. The minimum Gasteiger partial charge on any atom is -0.497 e. The SMILES string of the molecule is CCCCC(C(N)=O)c1cccc2ccc(OC)cc12. The first-order chi connectivity index (χ1) is 9.67. The first kappa shape index (κ1) is 14.4. The van der Waals surface area contributed by atoms with Crippen molar-refractivity contribution < 1.29 is 9.53 Å². The van der Waals surface area contributed by atoms with Gasteiger partial charge in [-0.05, 0) is 34.9 Å². The second-order valence-electron chi connectivity index (χ2n) is 5.03. The second-order valence-corrected chi connectivity index (χ2v) is 5.03. The number of hydrogen-bond acceptors (Lipinski definition) is 2. The van der Waals surface area contributed by atoms with E-state index in [0.717, 1.165) is 41.3 Å². The van der Waals surface area contributed by atoms with E-state index in [1.165, 1.54) is 0 Å². The van der Waals surface area contributed by atoms with Crippen molar-refractivity contribution in [3.8, 4) is 5.75 Å². The summed E-state index contributed by atoms with van der Waals surface area (Å²) < 4.78 is 5.28. The van der Waals surface area contributed by atoms with Crippen molar-refractivity contribution in [2.75, 3.05) is 7.11 Å². The molecule has 0 saturated heterocycles. The van der Waals surface area contributed by atoms with Gasteiger partial charge in [-0.3, -0.25) is 4.79 Å². The van der Waals surface area contributed by atoms with Crippen LogP contribution in [-0.2, 0) is 4.79 Å². The molecule has 2 aromatic rings. The minimum absolute atomic E-state index is 0.231. The van der Waals surface area contributed by atoms with Crippen LogP contribution in [0.15, 0.2) is 36.4 Å². The van der Waals surface area contributed by atoms with Gasteiger partial charge in [0.05, 0.1) is 13.0 Å². The molecule has 2 N–H and O–H groups in total. The Bertz CT molecular complexity index is 607. The van der Waals surface area contributed by atoms with Crippen molar-refractivity contribution in [2.24, 2.45) is 5.73 Å². The third-order valence-electron chi connectivity index (χ3n) is 3.69. The lowest BCUT2D eigenvalue weighted by Gasteiger charge is -2.16. The summed E-state index contributed by atoms with van der Waals surface area (Å²) in [4.78, 5) is 11.8. The van der Waals surface area contributed by atoms with Crippen molar-refractivity contribution in [3.05, 3.63) is 42.0 Å². The van der Waals surface area contributed by atoms with Crippen LogP contribution in [-0.4, -0.2) is 13.0 Å². The van der Waals surface area contributed by atoms with Crippen LogP contribution in [0.1, 0.15) is 37.7 Å². The molecule has 20 heavy (non-hydrogen) atoms. The highest BCUT2D eigenvalue weighted by Crippen LogP contribution is 2.31. The summed E-state index contributed by atoms with van der Waals surface area (Å²) in [6, 6.07) is 11.9. The fraction of sp³-hybridized carbons (Fsp3) is 0.353. The fourth-order valence-corrected chi connectivity index (χ4v) is 2.57. The van der Waals surface area contributed by atoms with Crippen LogP contribution in [0.25, 0.3) is 10.8 Å². The van der Waals surface area contributed by atoms with Gasteiger partial charge in [-0.25, -0.2) is 0 Å². The molecule has 1 amide bonds. The summed E-state index contributed by atoms with van der Waals surface area (Å²) in [6.07, 6.45) is 2.84. The minimum atomic E-state index is -0.256. The Morgan fingerprint density at radius 1 is 1.30 bits per heavy atom. The zero-order valence-corrected chi connectivity index (χ0v) is 12.1. The van der Waals surface area contributed by atoms with E-state index in [2.05, 4.69) is 6.92 Å². The number of carbonyl (C=O) groups is 1. The van der Waals surface area contributed by atoms with E-state index in [1.807, 2.05) is 36.4 Å². The molecule has 0 spiro atoms. The van der Waals surface area contributed by atoms with E-state index in [4.69, 9.17) is 10.5 Å². The predicted octanol–water partition coefficient (Wildman–Crippen LogP) is 3.61. The summed E-state index contributed by atoms with van der Waals surface area (Å²) >= 11 is 0. The number of benzene rings is 2. The van der Waals surface area contributed by atoms with Crippen molar-refractivity contribution in [2.45, 2.75) is 32.1 Å². The number of ether oxygens (including phenoxy) is 1. The molecule has 1 atom stereocenters. The normalized spacial score (nSPS) is 12.3. The van der Waals surface area contributed by atoms with Gasteiger partial charge in [0.2, 0.25) is 5.91 Å². The van der Waals surface area contributed by atoms with Crippen LogP contribution in [0, 0.1) is 0 Å². The molecule has 0 aliphatic carbocycles. The Morgan fingerprint density at radius 2 is 2.10 bits per heavy atom. The molecular formula is C17H21NO2. The summed E-state index contributed by atoms with van der Waals surface area (Å²) in [5.74, 6) is 0.309. The van der Waals surface area contributed by atoms with E-state index in [9.17, 15) is 4.79 Å². The summed E-state index contributed by atoms with van der Waals surface area (Å²) in [7, 11) is 1.65. The Hall–Kier alpha value is -2.03. The number of hydrogen-bond donors (Lipinski definition) is 1. The number of fused-ring (bicyclic) bond motifs is 1. The highest BCUT2D eigenvalue weighted by molar-refractivity contribution is 5.93. The zero-order chi connectivity index (χ0) is 14.5. The summed E-state index contributed by atoms with van der Waals surface area (Å²) in [5, 5.41) is 2.15. The number of unbranched alkanes of at least 4 members (excludes halogenated alkanes) is 1. The molecule has 2 rings (SSSR count). The molecule has 0 aliphatic heterocycles. The van der Waals surface area contributed by atoms with E-state index < -0.39 is 0 Å². The Balaban J connectivity index is 2.52. The summed E-state index contributed by atoms with van der Waals surface area (Å²) in [5.41, 5.74) is 6.60. The Kier molecular flexibility index (Phi) is 4.61. The average Bonchev–Trinajstić information content (AvgIpc) is 2.47. The number of primary amides is 1. The van der Waals surface area contributed by atoms with Gasteiger partial charge in [-0.15, -0.1) is 0 Å². The van der Waals surface area contributed by atoms with Crippen molar-refractivity contribution in [1.29, 1.82) is 0 Å². The molecule has 3 heteroatoms. The van der Waals surface area contributed by atoms with Crippen molar-refractivity contribution in [3.63, 3.8) is 0 Å². The van der Waals surface area contributed by atoms with Gasteiger partial charge in [0.1, 0.15) is 5.75 Å². The quantitative estimate of drug-likeness (QED) is 0.872. The number of rotatable bonds is 6. The Labute approximate surface area is 119 Å². The van der Waals surface area contributed by atoms with Crippen molar-refractivity contribution in [1.82, 2.24) is 0 Å². The molecule has 0 radical (unpaired) electrons. The third-order valence-corrected chi connectivity index (χ3v) is 3.69. The first-order valence-corrected chi connectivity index (χ1v) is 7.03. The number of nitrogens with two attached hydrogens (primary N) is 1. The molecule has 2 aromatic carbocycles.